The van der Waals surface area contributed by atoms with Gasteiger partial charge in [-0.05, 0) is 20.8 Å². The third kappa shape index (κ3) is 2.50. The van der Waals surface area contributed by atoms with E-state index in [1.807, 2.05) is 0 Å². The lowest BCUT2D eigenvalue weighted by Crippen LogP contribution is -2.47. The maximum absolute atomic E-state index is 5.87. The molecule has 1 saturated heterocycles. The molecule has 0 spiro atoms. The van der Waals surface area contributed by atoms with Crippen LogP contribution in [0, 0.1) is 13.8 Å². The second-order valence-corrected chi connectivity index (χ2v) is 5.76. The first-order chi connectivity index (χ1) is 7.60. The number of nitrogens with zero attached hydrogens (tertiary/aromatic N) is 2. The molecule has 0 saturated carbocycles. The van der Waals surface area contributed by atoms with E-state index in [-0.39, 0.29) is 12.2 Å². The Morgan fingerprint density at radius 1 is 1.50 bits per heavy atom. The molecular weight excluding hydrogens is 244 g/mol. The fourth-order valence-electron chi connectivity index (χ4n) is 1.88. The molecule has 1 aromatic heterocycles. The minimum atomic E-state index is 0.120. The fraction of sp³-hybridized carbons (Fsp3) is 0.727. The standard InChI is InChI=1S/C11H17ClN2OS/c1-7-5-14(6-10(4-12)15-7)11-13-8(2)9(3)16-11/h7,10H,4-6H2,1-3H3. The highest BCUT2D eigenvalue weighted by Gasteiger charge is 2.26. The summed E-state index contributed by atoms with van der Waals surface area (Å²) in [4.78, 5) is 8.15. The van der Waals surface area contributed by atoms with Crippen LogP contribution in [0.25, 0.3) is 0 Å². The Bertz CT molecular complexity index is 349. The predicted octanol–water partition coefficient (Wildman–Crippen LogP) is 2.59. The van der Waals surface area contributed by atoms with Crippen LogP contribution in [0.1, 0.15) is 17.5 Å². The average Bonchev–Trinajstić information content (AvgIpc) is 2.58. The maximum atomic E-state index is 5.87. The minimum absolute atomic E-state index is 0.120. The molecule has 1 fully saturated rings. The van der Waals surface area contributed by atoms with Gasteiger partial charge in [0.15, 0.2) is 5.13 Å². The number of thiazole rings is 1. The number of morpholine rings is 1. The van der Waals surface area contributed by atoms with E-state index in [0.717, 1.165) is 23.9 Å². The van der Waals surface area contributed by atoms with Crippen LogP contribution >= 0.6 is 22.9 Å². The number of hydrogen-bond donors (Lipinski definition) is 0. The molecule has 2 heterocycles. The molecule has 2 rings (SSSR count). The summed E-state index contributed by atoms with van der Waals surface area (Å²) in [7, 11) is 0. The van der Waals surface area contributed by atoms with Crippen molar-refractivity contribution < 1.29 is 4.74 Å². The van der Waals surface area contributed by atoms with Crippen LogP contribution in [0.3, 0.4) is 0 Å². The van der Waals surface area contributed by atoms with E-state index in [2.05, 4.69) is 30.7 Å². The number of ether oxygens (including phenoxy) is 1. The molecule has 1 aliphatic rings. The van der Waals surface area contributed by atoms with Crippen molar-refractivity contribution in [1.82, 2.24) is 4.98 Å². The molecule has 0 aromatic carbocycles. The highest BCUT2D eigenvalue weighted by molar-refractivity contribution is 7.15. The smallest absolute Gasteiger partial charge is 0.185 e. The highest BCUT2D eigenvalue weighted by Crippen LogP contribution is 2.27. The topological polar surface area (TPSA) is 25.4 Å². The van der Waals surface area contributed by atoms with Crippen molar-refractivity contribution in [3.05, 3.63) is 10.6 Å². The number of halogens is 1. The monoisotopic (exact) mass is 260 g/mol. The quantitative estimate of drug-likeness (QED) is 0.765. The van der Waals surface area contributed by atoms with Crippen molar-refractivity contribution in [3.63, 3.8) is 0 Å². The van der Waals surface area contributed by atoms with Crippen molar-refractivity contribution in [1.29, 1.82) is 0 Å². The molecule has 0 radical (unpaired) electrons. The highest BCUT2D eigenvalue weighted by atomic mass is 35.5. The number of aromatic nitrogens is 1. The van der Waals surface area contributed by atoms with E-state index in [4.69, 9.17) is 16.3 Å². The lowest BCUT2D eigenvalue weighted by Gasteiger charge is -2.35. The summed E-state index contributed by atoms with van der Waals surface area (Å²) in [6.07, 6.45) is 0.344. The van der Waals surface area contributed by atoms with Gasteiger partial charge in [-0.3, -0.25) is 0 Å². The van der Waals surface area contributed by atoms with Crippen LogP contribution in [-0.2, 0) is 4.74 Å². The van der Waals surface area contributed by atoms with Gasteiger partial charge in [-0.1, -0.05) is 0 Å². The van der Waals surface area contributed by atoms with E-state index in [1.165, 1.54) is 4.88 Å². The van der Waals surface area contributed by atoms with Gasteiger partial charge in [0.2, 0.25) is 0 Å². The molecule has 1 aliphatic heterocycles. The van der Waals surface area contributed by atoms with Crippen molar-refractivity contribution in [2.45, 2.75) is 33.0 Å². The Morgan fingerprint density at radius 3 is 2.81 bits per heavy atom. The molecule has 0 aliphatic carbocycles. The number of aryl methyl sites for hydroxylation is 2. The molecule has 2 unspecified atom stereocenters. The number of anilines is 1. The van der Waals surface area contributed by atoms with Gasteiger partial charge in [0, 0.05) is 18.0 Å². The molecule has 0 bridgehead atoms. The molecule has 90 valence electrons. The first-order valence-corrected chi connectivity index (χ1v) is 6.85. The van der Waals surface area contributed by atoms with Crippen LogP contribution in [-0.4, -0.2) is 36.2 Å². The molecule has 0 N–H and O–H groups in total. The third-order valence-electron chi connectivity index (χ3n) is 2.79. The van der Waals surface area contributed by atoms with E-state index in [9.17, 15) is 0 Å². The lowest BCUT2D eigenvalue weighted by molar-refractivity contribution is -0.00334. The first kappa shape index (κ1) is 12.1. The summed E-state index contributed by atoms with van der Waals surface area (Å²) in [6, 6.07) is 0. The Kier molecular flexibility index (Phi) is 3.72. The number of alkyl halides is 1. The first-order valence-electron chi connectivity index (χ1n) is 5.50. The molecule has 3 nitrogen and oxygen atoms in total. The fourth-order valence-corrected chi connectivity index (χ4v) is 2.98. The number of rotatable bonds is 2. The lowest BCUT2D eigenvalue weighted by atomic mass is 10.2. The zero-order chi connectivity index (χ0) is 11.7. The van der Waals surface area contributed by atoms with Gasteiger partial charge in [-0.25, -0.2) is 4.98 Å². The minimum Gasteiger partial charge on any atom is -0.370 e. The molecule has 1 aromatic rings. The Balaban J connectivity index is 2.14. The largest absolute Gasteiger partial charge is 0.370 e. The zero-order valence-corrected chi connectivity index (χ0v) is 11.4. The van der Waals surface area contributed by atoms with E-state index in [1.54, 1.807) is 11.3 Å². The van der Waals surface area contributed by atoms with Crippen LogP contribution in [0.15, 0.2) is 0 Å². The van der Waals surface area contributed by atoms with Gasteiger partial charge in [0.1, 0.15) is 0 Å². The Labute approximate surface area is 105 Å². The van der Waals surface area contributed by atoms with Crippen molar-refractivity contribution in [3.8, 4) is 0 Å². The van der Waals surface area contributed by atoms with E-state index < -0.39 is 0 Å². The maximum Gasteiger partial charge on any atom is 0.185 e. The Hall–Kier alpha value is -0.320. The molecule has 5 heteroatoms. The van der Waals surface area contributed by atoms with Crippen LogP contribution in [0.5, 0.6) is 0 Å². The van der Waals surface area contributed by atoms with Gasteiger partial charge < -0.3 is 9.64 Å². The van der Waals surface area contributed by atoms with Gasteiger partial charge in [-0.2, -0.15) is 0 Å². The number of hydrogen-bond acceptors (Lipinski definition) is 4. The van der Waals surface area contributed by atoms with Crippen LogP contribution < -0.4 is 4.90 Å². The van der Waals surface area contributed by atoms with Crippen molar-refractivity contribution in [2.75, 3.05) is 23.9 Å². The molecule has 2 atom stereocenters. The summed E-state index contributed by atoms with van der Waals surface area (Å²) >= 11 is 7.62. The summed E-state index contributed by atoms with van der Waals surface area (Å²) in [5.74, 6) is 0.546. The SMILES string of the molecule is Cc1nc(N2CC(C)OC(CCl)C2)sc1C. The van der Waals surface area contributed by atoms with E-state index in [0.29, 0.717) is 5.88 Å². The normalized spacial score (nSPS) is 26.1. The molecular formula is C11H17ClN2OS. The van der Waals surface area contributed by atoms with Crippen molar-refractivity contribution >= 4 is 28.1 Å². The Morgan fingerprint density at radius 2 is 2.25 bits per heavy atom. The summed E-state index contributed by atoms with van der Waals surface area (Å²) in [6.45, 7) is 8.00. The van der Waals surface area contributed by atoms with Gasteiger partial charge in [0.25, 0.3) is 0 Å². The second kappa shape index (κ2) is 4.90. The zero-order valence-electron chi connectivity index (χ0n) is 9.86. The van der Waals surface area contributed by atoms with Crippen LogP contribution in [0.4, 0.5) is 5.13 Å². The summed E-state index contributed by atoms with van der Waals surface area (Å²) in [5.41, 5.74) is 1.13. The van der Waals surface area contributed by atoms with Gasteiger partial charge in [-0.15, -0.1) is 22.9 Å². The van der Waals surface area contributed by atoms with Gasteiger partial charge in [0.05, 0.1) is 23.8 Å². The summed E-state index contributed by atoms with van der Waals surface area (Å²) in [5, 5.41) is 1.10. The van der Waals surface area contributed by atoms with Crippen LogP contribution in [0.2, 0.25) is 0 Å². The third-order valence-corrected chi connectivity index (χ3v) is 4.26. The van der Waals surface area contributed by atoms with E-state index >= 15 is 0 Å². The second-order valence-electron chi connectivity index (χ2n) is 4.27. The molecule has 0 amide bonds. The van der Waals surface area contributed by atoms with Crippen molar-refractivity contribution in [2.24, 2.45) is 0 Å². The molecule has 16 heavy (non-hydrogen) atoms. The van der Waals surface area contributed by atoms with Gasteiger partial charge >= 0.3 is 0 Å². The average molecular weight is 261 g/mol. The predicted molar refractivity (Wildman–Crippen MR) is 68.9 cm³/mol. The summed E-state index contributed by atoms with van der Waals surface area (Å²) < 4.78 is 5.73.